The molecule has 2 aromatic heterocycles. The minimum Gasteiger partial charge on any atom is -0.347 e. The largest absolute Gasteiger partial charge is 0.347 e. The summed E-state index contributed by atoms with van der Waals surface area (Å²) in [5, 5.41) is 5.28. The molecule has 0 unspecified atom stereocenters. The zero-order valence-electron chi connectivity index (χ0n) is 13.9. The molecule has 0 fully saturated rings. The second-order valence-electron chi connectivity index (χ2n) is 5.51. The monoisotopic (exact) mass is 352 g/mol. The van der Waals surface area contributed by atoms with Crippen molar-refractivity contribution in [2.75, 3.05) is 6.54 Å². The van der Waals surface area contributed by atoms with Gasteiger partial charge in [-0.3, -0.25) is 14.0 Å². The number of rotatable bonds is 6. The first-order chi connectivity index (χ1) is 12.6. The third kappa shape index (κ3) is 3.46. The zero-order chi connectivity index (χ0) is 18.5. The van der Waals surface area contributed by atoms with E-state index in [4.69, 9.17) is 0 Å². The fourth-order valence-electron chi connectivity index (χ4n) is 2.51. The van der Waals surface area contributed by atoms with Gasteiger partial charge in [-0.05, 0) is 18.2 Å². The Bertz CT molecular complexity index is 981. The molecule has 0 aliphatic heterocycles. The molecule has 0 aliphatic rings. The molecule has 2 heterocycles. The topological polar surface area (TPSA) is 75.5 Å². The number of amides is 2. The number of aromatic nitrogens is 2. The number of imidazole rings is 1. The second kappa shape index (κ2) is 7.60. The summed E-state index contributed by atoms with van der Waals surface area (Å²) in [4.78, 5) is 29.0. The number of carbonyl (C=O) groups is 2. The van der Waals surface area contributed by atoms with E-state index in [0.29, 0.717) is 17.6 Å². The van der Waals surface area contributed by atoms with Gasteiger partial charge in [0.2, 0.25) is 5.82 Å². The van der Waals surface area contributed by atoms with E-state index in [-0.39, 0.29) is 18.1 Å². The van der Waals surface area contributed by atoms with Crippen molar-refractivity contribution in [2.24, 2.45) is 0 Å². The lowest BCUT2D eigenvalue weighted by Gasteiger charge is -2.05. The summed E-state index contributed by atoms with van der Waals surface area (Å²) < 4.78 is 15.2. The Balaban J connectivity index is 1.87. The van der Waals surface area contributed by atoms with Gasteiger partial charge in [0.15, 0.2) is 5.69 Å². The smallest absolute Gasteiger partial charge is 0.287 e. The van der Waals surface area contributed by atoms with Crippen LogP contribution in [0.15, 0.2) is 61.3 Å². The number of fused-ring (bicyclic) bond motifs is 1. The Morgan fingerprint density at radius 2 is 1.88 bits per heavy atom. The summed E-state index contributed by atoms with van der Waals surface area (Å²) in [6, 6.07) is 11.4. The molecular weight excluding hydrogens is 335 g/mol. The molecule has 6 nitrogen and oxygen atoms in total. The number of nitrogens with one attached hydrogen (secondary N) is 2. The fraction of sp³-hybridized carbons (Fsp3) is 0.105. The summed E-state index contributed by atoms with van der Waals surface area (Å²) in [5.74, 6) is -1.25. The fourth-order valence-corrected chi connectivity index (χ4v) is 2.51. The van der Waals surface area contributed by atoms with Crippen molar-refractivity contribution < 1.29 is 14.0 Å². The third-order valence-electron chi connectivity index (χ3n) is 3.77. The first kappa shape index (κ1) is 17.3. The number of hydrogen-bond acceptors (Lipinski definition) is 3. The minimum atomic E-state index is -0.503. The van der Waals surface area contributed by atoms with Crippen molar-refractivity contribution >= 4 is 17.3 Å². The van der Waals surface area contributed by atoms with Crippen molar-refractivity contribution in [1.29, 1.82) is 0 Å². The highest BCUT2D eigenvalue weighted by Gasteiger charge is 2.21. The molecule has 132 valence electrons. The van der Waals surface area contributed by atoms with Crippen LogP contribution in [0.5, 0.6) is 0 Å². The van der Waals surface area contributed by atoms with Crippen molar-refractivity contribution in [2.45, 2.75) is 6.54 Å². The highest BCUT2D eigenvalue weighted by Crippen LogP contribution is 2.14. The van der Waals surface area contributed by atoms with E-state index in [1.807, 2.05) is 0 Å². The van der Waals surface area contributed by atoms with Gasteiger partial charge in [-0.2, -0.15) is 0 Å². The highest BCUT2D eigenvalue weighted by atomic mass is 19.1. The summed E-state index contributed by atoms with van der Waals surface area (Å²) in [7, 11) is 0. The average Bonchev–Trinajstić information content (AvgIpc) is 3.05. The molecular formula is C19H17FN4O2. The van der Waals surface area contributed by atoms with Crippen LogP contribution in [0, 0.1) is 5.82 Å². The first-order valence-electron chi connectivity index (χ1n) is 7.99. The molecule has 0 radical (unpaired) electrons. The Labute approximate surface area is 149 Å². The summed E-state index contributed by atoms with van der Waals surface area (Å²) in [6.07, 6.45) is 3.20. The molecule has 26 heavy (non-hydrogen) atoms. The van der Waals surface area contributed by atoms with Gasteiger partial charge in [0.05, 0.1) is 5.52 Å². The predicted octanol–water partition coefficient (Wildman–Crippen LogP) is 2.32. The number of benzene rings is 1. The predicted molar refractivity (Wildman–Crippen MR) is 95.3 cm³/mol. The van der Waals surface area contributed by atoms with Crippen LogP contribution in [-0.2, 0) is 6.54 Å². The van der Waals surface area contributed by atoms with Crippen LogP contribution in [0.4, 0.5) is 4.39 Å². The van der Waals surface area contributed by atoms with Crippen LogP contribution in [0.2, 0.25) is 0 Å². The van der Waals surface area contributed by atoms with E-state index >= 15 is 0 Å². The molecule has 2 N–H and O–H groups in total. The summed E-state index contributed by atoms with van der Waals surface area (Å²) in [6.45, 7) is 3.86. The molecule has 0 atom stereocenters. The number of halogens is 1. The molecule has 0 saturated heterocycles. The van der Waals surface area contributed by atoms with Crippen molar-refractivity contribution in [3.8, 4) is 0 Å². The van der Waals surface area contributed by atoms with E-state index in [1.54, 1.807) is 48.7 Å². The molecule has 7 heteroatoms. The summed E-state index contributed by atoms with van der Waals surface area (Å²) in [5.41, 5.74) is 1.01. The van der Waals surface area contributed by atoms with Gasteiger partial charge < -0.3 is 10.6 Å². The molecule has 0 saturated carbocycles. The first-order valence-corrected chi connectivity index (χ1v) is 7.99. The van der Waals surface area contributed by atoms with Crippen molar-refractivity contribution in [1.82, 2.24) is 20.0 Å². The standard InChI is InChI=1S/C19H17FN4O2/c1-2-10-21-18(25)16-15-9-5-6-11-24(15)17(23-16)19(26)22-12-13-7-3-4-8-14(13)20/h2-9,11H,1,10,12H2,(H,21,25)(H,22,26). The molecule has 3 aromatic rings. The maximum Gasteiger partial charge on any atom is 0.287 e. The van der Waals surface area contributed by atoms with Gasteiger partial charge in [-0.1, -0.05) is 30.3 Å². The van der Waals surface area contributed by atoms with Gasteiger partial charge in [0, 0.05) is 24.8 Å². The van der Waals surface area contributed by atoms with Crippen molar-refractivity contribution in [3.05, 3.63) is 84.2 Å². The van der Waals surface area contributed by atoms with E-state index in [1.165, 1.54) is 10.5 Å². The Kier molecular flexibility index (Phi) is 5.07. The van der Waals surface area contributed by atoms with Gasteiger partial charge in [0.25, 0.3) is 11.8 Å². The minimum absolute atomic E-state index is 0.0191. The van der Waals surface area contributed by atoms with Crippen LogP contribution in [0.1, 0.15) is 26.7 Å². The van der Waals surface area contributed by atoms with E-state index < -0.39 is 17.6 Å². The SMILES string of the molecule is C=CCNC(=O)c1nc(C(=O)NCc2ccccc2F)n2ccccc12. The Morgan fingerprint density at radius 3 is 2.65 bits per heavy atom. The number of pyridine rings is 1. The molecule has 2 amide bonds. The summed E-state index contributed by atoms with van der Waals surface area (Å²) >= 11 is 0. The zero-order valence-corrected chi connectivity index (χ0v) is 13.9. The highest BCUT2D eigenvalue weighted by molar-refractivity contribution is 6.02. The Hall–Kier alpha value is -3.48. The molecule has 3 rings (SSSR count). The van der Waals surface area contributed by atoms with Gasteiger partial charge in [-0.15, -0.1) is 6.58 Å². The normalized spacial score (nSPS) is 10.5. The van der Waals surface area contributed by atoms with Crippen molar-refractivity contribution in [3.63, 3.8) is 0 Å². The van der Waals surface area contributed by atoms with E-state index in [9.17, 15) is 14.0 Å². The van der Waals surface area contributed by atoms with Gasteiger partial charge in [0.1, 0.15) is 5.82 Å². The van der Waals surface area contributed by atoms with E-state index in [0.717, 1.165) is 0 Å². The molecule has 1 aromatic carbocycles. The molecule has 0 spiro atoms. The lowest BCUT2D eigenvalue weighted by atomic mass is 10.2. The third-order valence-corrected chi connectivity index (χ3v) is 3.77. The van der Waals surface area contributed by atoms with Crippen LogP contribution in [0.3, 0.4) is 0 Å². The maximum atomic E-state index is 13.7. The lowest BCUT2D eigenvalue weighted by Crippen LogP contribution is -2.26. The van der Waals surface area contributed by atoms with Crippen LogP contribution in [0.25, 0.3) is 5.52 Å². The number of nitrogens with zero attached hydrogens (tertiary/aromatic N) is 2. The molecule has 0 aliphatic carbocycles. The van der Waals surface area contributed by atoms with Crippen LogP contribution in [-0.4, -0.2) is 27.7 Å². The number of hydrogen-bond donors (Lipinski definition) is 2. The lowest BCUT2D eigenvalue weighted by molar-refractivity contribution is 0.0939. The number of carbonyl (C=O) groups excluding carboxylic acids is 2. The van der Waals surface area contributed by atoms with Gasteiger partial charge in [-0.25, -0.2) is 9.37 Å². The van der Waals surface area contributed by atoms with Crippen LogP contribution < -0.4 is 10.6 Å². The maximum absolute atomic E-state index is 13.7. The quantitative estimate of drug-likeness (QED) is 0.669. The second-order valence-corrected chi connectivity index (χ2v) is 5.51. The van der Waals surface area contributed by atoms with Gasteiger partial charge >= 0.3 is 0 Å². The Morgan fingerprint density at radius 1 is 1.12 bits per heavy atom. The van der Waals surface area contributed by atoms with Crippen LogP contribution >= 0.6 is 0 Å². The van der Waals surface area contributed by atoms with E-state index in [2.05, 4.69) is 22.2 Å². The average molecular weight is 352 g/mol. The molecule has 0 bridgehead atoms.